The van der Waals surface area contributed by atoms with Gasteiger partial charge in [-0.1, -0.05) is 52.0 Å². The molecule has 0 saturated heterocycles. The van der Waals surface area contributed by atoms with Crippen LogP contribution in [-0.2, 0) is 15.6 Å². The number of carboxylic acid groups (broad SMARTS) is 1. The molecule has 4 heteroatoms. The number of carbonyl (C=O) groups is 2. The molecular weight excluding hydrogens is 352 g/mol. The summed E-state index contributed by atoms with van der Waals surface area (Å²) in [5.74, 6) is -1.39. The van der Waals surface area contributed by atoms with Crippen LogP contribution in [-0.4, -0.2) is 17.0 Å². The largest absolute Gasteiger partial charge is 0.478 e. The minimum atomic E-state index is -1.06. The van der Waals surface area contributed by atoms with Crippen molar-refractivity contribution in [3.05, 3.63) is 70.8 Å². The summed E-state index contributed by atoms with van der Waals surface area (Å²) < 4.78 is 5.22. The van der Waals surface area contributed by atoms with Crippen molar-refractivity contribution < 1.29 is 19.4 Å². The summed E-state index contributed by atoms with van der Waals surface area (Å²) in [5.41, 5.74) is 3.98. The molecule has 2 aromatic carbocycles. The van der Waals surface area contributed by atoms with Crippen LogP contribution in [0.5, 0.6) is 5.75 Å². The lowest BCUT2D eigenvalue weighted by molar-refractivity contribution is -0.128. The van der Waals surface area contributed by atoms with E-state index in [1.807, 2.05) is 6.07 Å². The maximum atomic E-state index is 12.1. The smallest absolute Gasteiger partial charge is 0.336 e. The Morgan fingerprint density at radius 2 is 1.64 bits per heavy atom. The summed E-state index contributed by atoms with van der Waals surface area (Å²) in [5, 5.41) is 9.02. The fourth-order valence-electron chi connectivity index (χ4n) is 3.72. The van der Waals surface area contributed by atoms with Crippen LogP contribution in [0.4, 0.5) is 0 Å². The Morgan fingerprint density at radius 1 is 0.964 bits per heavy atom. The second kappa shape index (κ2) is 7.27. The van der Waals surface area contributed by atoms with Crippen LogP contribution >= 0.6 is 0 Å². The fourth-order valence-corrected chi connectivity index (χ4v) is 3.72. The zero-order valence-corrected chi connectivity index (χ0v) is 16.8. The quantitative estimate of drug-likeness (QED) is 0.442. The molecule has 0 saturated carbocycles. The highest BCUT2D eigenvalue weighted by atomic mass is 16.5. The Kier molecular flexibility index (Phi) is 5.16. The number of carboxylic acids is 1. The SMILES string of the molecule is CC1(C)CCC(C)(C)c2cc(C=CC(=O)Oc3cccc(C(=O)O)c3)ccc21. The zero-order valence-electron chi connectivity index (χ0n) is 16.8. The van der Waals surface area contributed by atoms with Crippen molar-refractivity contribution in [2.45, 2.75) is 51.4 Å². The van der Waals surface area contributed by atoms with Gasteiger partial charge < -0.3 is 9.84 Å². The summed E-state index contributed by atoms with van der Waals surface area (Å²) in [6.45, 7) is 9.08. The first-order valence-corrected chi connectivity index (χ1v) is 9.47. The Balaban J connectivity index is 1.78. The van der Waals surface area contributed by atoms with E-state index in [1.54, 1.807) is 18.2 Å². The summed E-state index contributed by atoms with van der Waals surface area (Å²) in [7, 11) is 0. The van der Waals surface area contributed by atoms with E-state index in [1.165, 1.54) is 29.3 Å². The summed E-state index contributed by atoms with van der Waals surface area (Å²) in [6, 6.07) is 12.2. The molecule has 0 fully saturated rings. The summed E-state index contributed by atoms with van der Waals surface area (Å²) in [6.07, 6.45) is 5.39. The van der Waals surface area contributed by atoms with Gasteiger partial charge in [-0.2, -0.15) is 0 Å². The zero-order chi connectivity index (χ0) is 20.5. The Hall–Kier alpha value is -2.88. The number of hydrogen-bond acceptors (Lipinski definition) is 3. The van der Waals surface area contributed by atoms with Gasteiger partial charge in [-0.05, 0) is 64.6 Å². The average molecular weight is 378 g/mol. The van der Waals surface area contributed by atoms with Crippen LogP contribution in [0.3, 0.4) is 0 Å². The minimum Gasteiger partial charge on any atom is -0.478 e. The second-order valence-electron chi connectivity index (χ2n) is 8.66. The minimum absolute atomic E-state index is 0.0776. The molecular formula is C24H26O4. The molecule has 0 bridgehead atoms. The van der Waals surface area contributed by atoms with Crippen LogP contribution in [0.2, 0.25) is 0 Å². The third kappa shape index (κ3) is 4.16. The van der Waals surface area contributed by atoms with Crippen molar-refractivity contribution in [2.24, 2.45) is 0 Å². The van der Waals surface area contributed by atoms with E-state index >= 15 is 0 Å². The number of aromatic carboxylic acids is 1. The highest BCUT2D eigenvalue weighted by Gasteiger charge is 2.36. The molecule has 1 aliphatic carbocycles. The van der Waals surface area contributed by atoms with Crippen LogP contribution < -0.4 is 4.74 Å². The lowest BCUT2D eigenvalue weighted by Crippen LogP contribution is -2.33. The third-order valence-corrected chi connectivity index (χ3v) is 5.59. The number of carbonyl (C=O) groups excluding carboxylic acids is 1. The van der Waals surface area contributed by atoms with Gasteiger partial charge in [-0.25, -0.2) is 9.59 Å². The van der Waals surface area contributed by atoms with E-state index in [-0.39, 0.29) is 22.1 Å². The van der Waals surface area contributed by atoms with E-state index in [4.69, 9.17) is 9.84 Å². The van der Waals surface area contributed by atoms with Crippen molar-refractivity contribution in [3.8, 4) is 5.75 Å². The number of ether oxygens (including phenoxy) is 1. The predicted molar refractivity (Wildman–Crippen MR) is 110 cm³/mol. The van der Waals surface area contributed by atoms with Crippen LogP contribution in [0.15, 0.2) is 48.5 Å². The molecule has 1 N–H and O–H groups in total. The summed E-state index contributed by atoms with van der Waals surface area (Å²) in [4.78, 5) is 23.1. The normalized spacial score (nSPS) is 17.1. The molecule has 3 rings (SSSR count). The van der Waals surface area contributed by atoms with Crippen molar-refractivity contribution in [2.75, 3.05) is 0 Å². The maximum Gasteiger partial charge on any atom is 0.336 e. The number of esters is 1. The van der Waals surface area contributed by atoms with Gasteiger partial charge in [0.05, 0.1) is 5.56 Å². The Bertz CT molecular complexity index is 951. The van der Waals surface area contributed by atoms with Crippen molar-refractivity contribution in [1.29, 1.82) is 0 Å². The van der Waals surface area contributed by atoms with E-state index in [0.717, 1.165) is 18.4 Å². The van der Waals surface area contributed by atoms with Gasteiger partial charge >= 0.3 is 11.9 Å². The highest BCUT2D eigenvalue weighted by Crippen LogP contribution is 2.45. The van der Waals surface area contributed by atoms with Crippen molar-refractivity contribution >= 4 is 18.0 Å². The molecule has 0 radical (unpaired) electrons. The van der Waals surface area contributed by atoms with Crippen LogP contribution in [0.25, 0.3) is 6.08 Å². The van der Waals surface area contributed by atoms with Crippen molar-refractivity contribution in [3.63, 3.8) is 0 Å². The summed E-state index contributed by atoms with van der Waals surface area (Å²) >= 11 is 0. The van der Waals surface area contributed by atoms with Gasteiger partial charge in [0.1, 0.15) is 5.75 Å². The van der Waals surface area contributed by atoms with Gasteiger partial charge in [0.15, 0.2) is 0 Å². The molecule has 4 nitrogen and oxygen atoms in total. The monoisotopic (exact) mass is 378 g/mol. The van der Waals surface area contributed by atoms with E-state index in [9.17, 15) is 9.59 Å². The fraction of sp³-hybridized carbons (Fsp3) is 0.333. The molecule has 0 amide bonds. The lowest BCUT2D eigenvalue weighted by Gasteiger charge is -2.42. The molecule has 0 aromatic heterocycles. The Labute approximate surface area is 165 Å². The first kappa shape index (κ1) is 19.9. The van der Waals surface area contributed by atoms with Gasteiger partial charge in [0.2, 0.25) is 0 Å². The van der Waals surface area contributed by atoms with E-state index in [2.05, 4.69) is 39.8 Å². The predicted octanol–water partition coefficient (Wildman–Crippen LogP) is 5.35. The van der Waals surface area contributed by atoms with Crippen molar-refractivity contribution in [1.82, 2.24) is 0 Å². The average Bonchev–Trinajstić information content (AvgIpc) is 2.64. The molecule has 1 aliphatic rings. The molecule has 0 unspecified atom stereocenters. The van der Waals surface area contributed by atoms with E-state index in [0.29, 0.717) is 0 Å². The first-order chi connectivity index (χ1) is 13.1. The third-order valence-electron chi connectivity index (χ3n) is 5.59. The van der Waals surface area contributed by atoms with Gasteiger partial charge in [-0.15, -0.1) is 0 Å². The highest BCUT2D eigenvalue weighted by molar-refractivity contribution is 5.90. The molecule has 2 aromatic rings. The maximum absolute atomic E-state index is 12.1. The molecule has 0 spiro atoms. The Morgan fingerprint density at radius 3 is 2.32 bits per heavy atom. The number of hydrogen-bond donors (Lipinski definition) is 1. The van der Waals surface area contributed by atoms with Crippen LogP contribution in [0.1, 0.15) is 67.6 Å². The number of fused-ring (bicyclic) bond motifs is 1. The topological polar surface area (TPSA) is 63.6 Å². The van der Waals surface area contributed by atoms with Gasteiger partial charge in [-0.3, -0.25) is 0 Å². The second-order valence-corrected chi connectivity index (χ2v) is 8.66. The number of rotatable bonds is 4. The number of benzene rings is 2. The lowest BCUT2D eigenvalue weighted by atomic mass is 9.63. The van der Waals surface area contributed by atoms with Gasteiger partial charge in [0.25, 0.3) is 0 Å². The molecule has 0 aliphatic heterocycles. The molecule has 146 valence electrons. The van der Waals surface area contributed by atoms with E-state index < -0.39 is 11.9 Å². The molecule has 28 heavy (non-hydrogen) atoms. The van der Waals surface area contributed by atoms with Crippen LogP contribution in [0, 0.1) is 0 Å². The first-order valence-electron chi connectivity index (χ1n) is 9.47. The standard InChI is InChI=1S/C24H26O4/c1-23(2)12-13-24(3,4)20-14-16(8-10-19(20)23)9-11-21(25)28-18-7-5-6-17(15-18)22(26)27/h5-11,14-15H,12-13H2,1-4H3,(H,26,27). The molecule has 0 atom stereocenters. The molecule has 0 heterocycles. The van der Waals surface area contributed by atoms with Gasteiger partial charge in [0, 0.05) is 6.08 Å².